The fraction of sp³-hybridized carbons (Fsp3) is 0.500. The van der Waals surface area contributed by atoms with E-state index < -0.39 is 56.1 Å². The molecule has 1 atom stereocenters. The molecular weight excluding hydrogens is 428 g/mol. The van der Waals surface area contributed by atoms with Gasteiger partial charge in [0, 0.05) is 4.90 Å². The van der Waals surface area contributed by atoms with Crippen LogP contribution in [0, 0.1) is 5.92 Å². The van der Waals surface area contributed by atoms with Gasteiger partial charge in [0.2, 0.25) is 0 Å². The molecule has 1 unspecified atom stereocenters. The minimum atomic E-state index is -4.83. The second kappa shape index (κ2) is 8.60. The molecule has 1 aromatic rings. The van der Waals surface area contributed by atoms with Gasteiger partial charge in [0.1, 0.15) is 4.90 Å². The van der Waals surface area contributed by atoms with Gasteiger partial charge < -0.3 is 9.42 Å². The Labute approximate surface area is 152 Å². The largest absolute Gasteiger partial charge is 0.446 e. The van der Waals surface area contributed by atoms with Gasteiger partial charge in [-0.2, -0.15) is 21.6 Å². The van der Waals surface area contributed by atoms with Crippen LogP contribution in [-0.2, 0) is 23.4 Å². The van der Waals surface area contributed by atoms with Crippen molar-refractivity contribution in [3.63, 3.8) is 0 Å². The van der Waals surface area contributed by atoms with Gasteiger partial charge in [0.15, 0.2) is 6.35 Å². The Morgan fingerprint density at radius 3 is 2.48 bits per heavy atom. The Bertz CT molecular complexity index is 754. The van der Waals surface area contributed by atoms with Crippen molar-refractivity contribution in [1.82, 2.24) is 0 Å². The van der Waals surface area contributed by atoms with Crippen molar-refractivity contribution >= 4 is 41.1 Å². The van der Waals surface area contributed by atoms with Crippen LogP contribution in [0.4, 0.5) is 13.2 Å². The van der Waals surface area contributed by atoms with E-state index in [1.54, 1.807) is 13.8 Å². The number of thioether (sulfide) groups is 1. The Kier molecular flexibility index (Phi) is 7.83. The Hall–Kier alpha value is -0.290. The lowest BCUT2D eigenvalue weighted by Crippen LogP contribution is -2.12. The molecule has 0 saturated carbocycles. The maximum atomic E-state index is 12.6. The monoisotopic (exact) mass is 442 g/mol. The minimum absolute atomic E-state index is 0.101. The Morgan fingerprint density at radius 1 is 1.36 bits per heavy atom. The average molecular weight is 443 g/mol. The van der Waals surface area contributed by atoms with Crippen molar-refractivity contribution in [3.05, 3.63) is 23.2 Å². The van der Waals surface area contributed by atoms with Crippen LogP contribution >= 0.6 is 31.0 Å². The summed E-state index contributed by atoms with van der Waals surface area (Å²) in [4.78, 5) is 7.88. The van der Waals surface area contributed by atoms with E-state index in [0.29, 0.717) is 0 Å². The summed E-state index contributed by atoms with van der Waals surface area (Å²) in [6.45, 7) is 3.27. The normalized spacial score (nSPS) is 15.4. The zero-order valence-electron chi connectivity index (χ0n) is 13.0. The van der Waals surface area contributed by atoms with Gasteiger partial charge >= 0.3 is 13.1 Å². The minimum Gasteiger partial charge on any atom is -0.323 e. The third kappa shape index (κ3) is 7.86. The van der Waals surface area contributed by atoms with Crippen molar-refractivity contribution in [2.45, 2.75) is 29.1 Å². The Balaban J connectivity index is 3.05. The lowest BCUT2D eigenvalue weighted by molar-refractivity contribution is -0.0329. The van der Waals surface area contributed by atoms with E-state index in [1.165, 1.54) is 0 Å². The van der Waals surface area contributed by atoms with Crippen LogP contribution in [0.25, 0.3) is 0 Å². The molecule has 0 fully saturated rings. The maximum Gasteiger partial charge on any atom is 0.446 e. The molecule has 0 amide bonds. The molecule has 0 aromatic heterocycles. The quantitative estimate of drug-likeness (QED) is 0.361. The van der Waals surface area contributed by atoms with Crippen LogP contribution < -0.4 is 0 Å². The first-order valence-electron chi connectivity index (χ1n) is 6.63. The topological polar surface area (TPSA) is 89.9 Å². The molecule has 6 nitrogen and oxygen atoms in total. The van der Waals surface area contributed by atoms with E-state index >= 15 is 0 Å². The molecule has 0 saturated heterocycles. The molecule has 0 aliphatic carbocycles. The highest BCUT2D eigenvalue weighted by atomic mass is 35.5. The molecule has 0 radical (unpaired) electrons. The predicted octanol–water partition coefficient (Wildman–Crippen LogP) is 4.47. The van der Waals surface area contributed by atoms with E-state index in [-0.39, 0.29) is 12.5 Å². The summed E-state index contributed by atoms with van der Waals surface area (Å²) in [5.41, 5.74) is -4.76. The Morgan fingerprint density at radius 2 is 1.96 bits per heavy atom. The summed E-state index contributed by atoms with van der Waals surface area (Å²) < 4.78 is 82.9. The van der Waals surface area contributed by atoms with Crippen LogP contribution in [-0.4, -0.2) is 31.8 Å². The molecule has 144 valence electrons. The molecular formula is C12H15ClF3O6PS2. The molecule has 0 aliphatic heterocycles. The van der Waals surface area contributed by atoms with Crippen LogP contribution in [0.2, 0.25) is 5.02 Å². The van der Waals surface area contributed by atoms with Gasteiger partial charge in [-0.15, -0.1) is 0 Å². The third-order valence-corrected chi connectivity index (χ3v) is 6.29. The van der Waals surface area contributed by atoms with Gasteiger partial charge in [-0.3, -0.25) is 8.75 Å². The van der Waals surface area contributed by atoms with Gasteiger partial charge in [-0.25, -0.2) is 0 Å². The van der Waals surface area contributed by atoms with Gasteiger partial charge in [-0.1, -0.05) is 31.5 Å². The summed E-state index contributed by atoms with van der Waals surface area (Å²) in [6.07, 6.45) is -1.25. The number of alkyl halides is 3. The summed E-state index contributed by atoms with van der Waals surface area (Å²) in [5, 5.41) is -0.509. The predicted molar refractivity (Wildman–Crippen MR) is 87.1 cm³/mol. The summed E-state index contributed by atoms with van der Waals surface area (Å²) in [6, 6.07) is 3.10. The second-order valence-electron chi connectivity index (χ2n) is 5.14. The summed E-state index contributed by atoms with van der Waals surface area (Å²) in [5.74, 6) is -0.101. The molecule has 1 rings (SSSR count). The fourth-order valence-electron chi connectivity index (χ4n) is 1.43. The maximum absolute atomic E-state index is 12.6. The number of halogens is 4. The molecule has 13 heteroatoms. The van der Waals surface area contributed by atoms with Crippen molar-refractivity contribution in [1.29, 1.82) is 0 Å². The summed E-state index contributed by atoms with van der Waals surface area (Å²) >= 11 is 5.00. The molecule has 0 spiro atoms. The van der Waals surface area contributed by atoms with Gasteiger partial charge in [0.25, 0.3) is 10.1 Å². The van der Waals surface area contributed by atoms with Gasteiger partial charge in [0.05, 0.1) is 11.6 Å². The number of rotatable bonds is 8. The molecule has 1 aromatic carbocycles. The molecule has 0 aliphatic rings. The average Bonchev–Trinajstić information content (AvgIpc) is 2.41. The van der Waals surface area contributed by atoms with E-state index in [4.69, 9.17) is 11.6 Å². The first-order valence-corrected chi connectivity index (χ1v) is 11.0. The van der Waals surface area contributed by atoms with E-state index in [0.717, 1.165) is 18.2 Å². The van der Waals surface area contributed by atoms with Crippen molar-refractivity contribution < 1.29 is 39.8 Å². The second-order valence-corrected chi connectivity index (χ2v) is 10.0. The highest BCUT2D eigenvalue weighted by molar-refractivity contribution is 8.00. The van der Waals surface area contributed by atoms with E-state index in [1.807, 2.05) is 0 Å². The standard InChI is InChI=1S/C12H15ClF3O6PS2/c1-8(2)6-21-23(17,18)7-22-25(19,20)11-9(13)4-3-5-10(11)24-12(14,15)16/h3-5,8H,6-7H2,1-2H3,(H,17,18). The number of hydrogen-bond acceptors (Lipinski definition) is 6. The molecule has 0 heterocycles. The zero-order valence-corrected chi connectivity index (χ0v) is 16.3. The van der Waals surface area contributed by atoms with Crippen molar-refractivity contribution in [2.24, 2.45) is 5.92 Å². The van der Waals surface area contributed by atoms with Crippen LogP contribution in [0.1, 0.15) is 13.8 Å². The zero-order chi connectivity index (χ0) is 19.5. The smallest absolute Gasteiger partial charge is 0.323 e. The molecule has 25 heavy (non-hydrogen) atoms. The van der Waals surface area contributed by atoms with Crippen LogP contribution in [0.15, 0.2) is 28.0 Å². The van der Waals surface area contributed by atoms with Crippen LogP contribution in [0.5, 0.6) is 0 Å². The number of hydrogen-bond donors (Lipinski definition) is 1. The van der Waals surface area contributed by atoms with Gasteiger partial charge in [-0.05, 0) is 29.8 Å². The molecule has 0 bridgehead atoms. The van der Waals surface area contributed by atoms with E-state index in [2.05, 4.69) is 8.71 Å². The lowest BCUT2D eigenvalue weighted by atomic mass is 10.2. The fourth-order valence-corrected chi connectivity index (χ4v) is 5.41. The summed E-state index contributed by atoms with van der Waals surface area (Å²) in [7, 11) is -9.24. The van der Waals surface area contributed by atoms with E-state index in [9.17, 15) is 31.0 Å². The van der Waals surface area contributed by atoms with Crippen molar-refractivity contribution in [2.75, 3.05) is 13.0 Å². The highest BCUT2D eigenvalue weighted by Gasteiger charge is 2.35. The lowest BCUT2D eigenvalue weighted by Gasteiger charge is -2.16. The van der Waals surface area contributed by atoms with Crippen molar-refractivity contribution in [3.8, 4) is 0 Å². The number of benzene rings is 1. The SMILES string of the molecule is CC(C)COP(=O)(O)COS(=O)(=O)c1c(Cl)cccc1SC(F)(F)F. The first kappa shape index (κ1) is 22.8. The molecule has 1 N–H and O–H groups in total. The third-order valence-electron chi connectivity index (χ3n) is 2.39. The highest BCUT2D eigenvalue weighted by Crippen LogP contribution is 2.45. The van der Waals surface area contributed by atoms with Crippen LogP contribution in [0.3, 0.4) is 0 Å². The first-order chi connectivity index (χ1) is 11.2.